The number of ketones is 1. The van der Waals surface area contributed by atoms with Gasteiger partial charge in [0.1, 0.15) is 12.6 Å². The number of halogens is 2. The maximum Gasteiger partial charge on any atom is 0.187 e. The normalized spacial score (nSPS) is 12.3. The Morgan fingerprint density at radius 1 is 1.25 bits per heavy atom. The first-order valence-electron chi connectivity index (χ1n) is 7.19. The molecular weight excluding hydrogens is 333 g/mol. The van der Waals surface area contributed by atoms with Gasteiger partial charge in [-0.25, -0.2) is 4.39 Å². The summed E-state index contributed by atoms with van der Waals surface area (Å²) in [7, 11) is 2.85. The third-order valence-corrected chi connectivity index (χ3v) is 3.62. The van der Waals surface area contributed by atoms with E-state index in [1.54, 1.807) is 30.3 Å². The van der Waals surface area contributed by atoms with Crippen LogP contribution in [0.5, 0.6) is 5.75 Å². The Morgan fingerprint density at radius 3 is 2.58 bits per heavy atom. The van der Waals surface area contributed by atoms with Crippen molar-refractivity contribution in [3.63, 3.8) is 0 Å². The van der Waals surface area contributed by atoms with Crippen molar-refractivity contribution in [1.29, 1.82) is 0 Å². The molecule has 0 aliphatic carbocycles. The highest BCUT2D eigenvalue weighted by Crippen LogP contribution is 2.20. The predicted molar refractivity (Wildman–Crippen MR) is 91.6 cm³/mol. The molecule has 126 valence electrons. The molecule has 0 aliphatic rings. The first-order valence-corrected chi connectivity index (χ1v) is 7.57. The van der Waals surface area contributed by atoms with Crippen molar-refractivity contribution in [2.45, 2.75) is 6.10 Å². The minimum absolute atomic E-state index is 0.0547. The van der Waals surface area contributed by atoms with Crippen LogP contribution in [-0.4, -0.2) is 32.8 Å². The van der Waals surface area contributed by atoms with Crippen molar-refractivity contribution in [3.8, 4) is 5.75 Å². The quantitative estimate of drug-likeness (QED) is 0.713. The number of carbonyl (C=O) groups excluding carboxylic acids is 1. The van der Waals surface area contributed by atoms with Gasteiger partial charge in [0.05, 0.1) is 7.11 Å². The number of Topliss-reactive ketones (excluding diaryl/α,β-unsaturated/α-hetero) is 1. The average molecular weight is 350 g/mol. The van der Waals surface area contributed by atoms with Crippen molar-refractivity contribution in [1.82, 2.24) is 0 Å². The smallest absolute Gasteiger partial charge is 0.187 e. The third kappa shape index (κ3) is 4.63. The van der Waals surface area contributed by atoms with Crippen LogP contribution in [0.4, 0.5) is 4.39 Å². The van der Waals surface area contributed by atoms with Crippen molar-refractivity contribution in [2.75, 3.05) is 20.8 Å². The SMILES string of the molecule is COc1cc(C=NCC(=O)C(OC)c2ccc(Cl)cc2)ccc1F. The lowest BCUT2D eigenvalue weighted by atomic mass is 10.1. The Morgan fingerprint density at radius 2 is 1.96 bits per heavy atom. The van der Waals surface area contributed by atoms with Gasteiger partial charge in [-0.2, -0.15) is 0 Å². The van der Waals surface area contributed by atoms with Gasteiger partial charge in [-0.3, -0.25) is 9.79 Å². The Bertz CT molecular complexity index is 732. The standard InChI is InChI=1S/C18H17ClFNO3/c1-23-17-9-12(3-8-15(17)20)10-21-11-16(22)18(24-2)13-4-6-14(19)7-5-13/h3-10,18H,11H2,1-2H3. The number of rotatable bonds is 7. The molecule has 2 rings (SSSR count). The molecule has 0 N–H and O–H groups in total. The summed E-state index contributed by atoms with van der Waals surface area (Å²) in [4.78, 5) is 16.4. The molecule has 0 aliphatic heterocycles. The molecule has 24 heavy (non-hydrogen) atoms. The van der Waals surface area contributed by atoms with Gasteiger partial charge in [-0.05, 0) is 35.4 Å². The summed E-state index contributed by atoms with van der Waals surface area (Å²) in [5.41, 5.74) is 1.35. The third-order valence-electron chi connectivity index (χ3n) is 3.36. The number of hydrogen-bond donors (Lipinski definition) is 0. The van der Waals surface area contributed by atoms with E-state index in [-0.39, 0.29) is 18.1 Å². The largest absolute Gasteiger partial charge is 0.494 e. The van der Waals surface area contributed by atoms with Gasteiger partial charge in [0.25, 0.3) is 0 Å². The van der Waals surface area contributed by atoms with Crippen LogP contribution in [-0.2, 0) is 9.53 Å². The molecule has 0 spiro atoms. The van der Waals surface area contributed by atoms with E-state index in [0.717, 1.165) is 0 Å². The van der Waals surface area contributed by atoms with Crippen LogP contribution in [0.3, 0.4) is 0 Å². The minimum Gasteiger partial charge on any atom is -0.494 e. The molecule has 1 atom stereocenters. The summed E-state index contributed by atoms with van der Waals surface area (Å²) in [6, 6.07) is 11.2. The highest BCUT2D eigenvalue weighted by Gasteiger charge is 2.19. The van der Waals surface area contributed by atoms with Crippen LogP contribution in [0.1, 0.15) is 17.2 Å². The molecular formula is C18H17ClFNO3. The van der Waals surface area contributed by atoms with Crippen molar-refractivity contribution in [2.24, 2.45) is 4.99 Å². The van der Waals surface area contributed by atoms with Gasteiger partial charge < -0.3 is 9.47 Å². The Labute approximate surface area is 144 Å². The summed E-state index contributed by atoms with van der Waals surface area (Å²) in [5, 5.41) is 0.587. The second-order valence-electron chi connectivity index (χ2n) is 5.00. The van der Waals surface area contributed by atoms with E-state index in [1.807, 2.05) is 0 Å². The predicted octanol–water partition coefficient (Wildman–Crippen LogP) is 3.86. The zero-order chi connectivity index (χ0) is 17.5. The number of carbonyl (C=O) groups is 1. The van der Waals surface area contributed by atoms with Crippen LogP contribution in [0.15, 0.2) is 47.5 Å². The van der Waals surface area contributed by atoms with Crippen LogP contribution >= 0.6 is 11.6 Å². The fourth-order valence-corrected chi connectivity index (χ4v) is 2.30. The number of methoxy groups -OCH3 is 2. The van der Waals surface area contributed by atoms with E-state index in [2.05, 4.69) is 4.99 Å². The number of ether oxygens (including phenoxy) is 2. The topological polar surface area (TPSA) is 47.9 Å². The van der Waals surface area contributed by atoms with Gasteiger partial charge in [-0.1, -0.05) is 29.8 Å². The monoisotopic (exact) mass is 349 g/mol. The highest BCUT2D eigenvalue weighted by molar-refractivity contribution is 6.30. The summed E-state index contributed by atoms with van der Waals surface area (Å²) < 4.78 is 23.5. The number of nitrogens with zero attached hydrogens (tertiary/aromatic N) is 1. The van der Waals surface area contributed by atoms with Crippen LogP contribution in [0, 0.1) is 5.82 Å². The molecule has 6 heteroatoms. The lowest BCUT2D eigenvalue weighted by molar-refractivity contribution is -0.127. The molecule has 1 unspecified atom stereocenters. The van der Waals surface area contributed by atoms with E-state index in [1.165, 1.54) is 32.6 Å². The highest BCUT2D eigenvalue weighted by atomic mass is 35.5. The molecule has 0 heterocycles. The molecule has 2 aromatic carbocycles. The molecule has 0 aromatic heterocycles. The summed E-state index contributed by atoms with van der Waals surface area (Å²) in [5.74, 6) is -0.515. The van der Waals surface area contributed by atoms with Crippen LogP contribution < -0.4 is 4.74 Å². The van der Waals surface area contributed by atoms with Gasteiger partial charge in [-0.15, -0.1) is 0 Å². The Kier molecular flexibility index (Phi) is 6.46. The van der Waals surface area contributed by atoms with Crippen LogP contribution in [0.25, 0.3) is 0 Å². The maximum atomic E-state index is 13.3. The van der Waals surface area contributed by atoms with Gasteiger partial charge in [0.2, 0.25) is 0 Å². The summed E-state index contributed by atoms with van der Waals surface area (Å²) in [6.45, 7) is -0.0547. The number of aliphatic imine (C=N–C) groups is 1. The van der Waals surface area contributed by atoms with E-state index in [0.29, 0.717) is 16.1 Å². The zero-order valence-corrected chi connectivity index (χ0v) is 14.1. The molecule has 0 fully saturated rings. The molecule has 0 radical (unpaired) electrons. The summed E-state index contributed by atoms with van der Waals surface area (Å²) >= 11 is 5.84. The molecule has 2 aromatic rings. The van der Waals surface area contributed by atoms with E-state index in [9.17, 15) is 9.18 Å². The van der Waals surface area contributed by atoms with Crippen LogP contribution in [0.2, 0.25) is 5.02 Å². The first-order chi connectivity index (χ1) is 11.5. The fourth-order valence-electron chi connectivity index (χ4n) is 2.17. The van der Waals surface area contributed by atoms with Gasteiger partial charge in [0, 0.05) is 18.3 Å². The average Bonchev–Trinajstić information content (AvgIpc) is 2.58. The zero-order valence-electron chi connectivity index (χ0n) is 13.3. The lowest BCUT2D eigenvalue weighted by Crippen LogP contribution is -2.17. The minimum atomic E-state index is -0.706. The van der Waals surface area contributed by atoms with E-state index in [4.69, 9.17) is 21.1 Å². The fraction of sp³-hybridized carbons (Fsp3) is 0.222. The maximum absolute atomic E-state index is 13.3. The molecule has 0 amide bonds. The first kappa shape index (κ1) is 18.1. The van der Waals surface area contributed by atoms with E-state index < -0.39 is 11.9 Å². The van der Waals surface area contributed by atoms with Crippen molar-refractivity contribution in [3.05, 3.63) is 64.4 Å². The van der Waals surface area contributed by atoms with E-state index >= 15 is 0 Å². The van der Waals surface area contributed by atoms with Gasteiger partial charge >= 0.3 is 0 Å². The molecule has 0 saturated carbocycles. The Balaban J connectivity index is 2.04. The van der Waals surface area contributed by atoms with Crippen molar-refractivity contribution < 1.29 is 18.7 Å². The molecule has 4 nitrogen and oxygen atoms in total. The molecule has 0 bridgehead atoms. The number of hydrogen-bond acceptors (Lipinski definition) is 4. The lowest BCUT2D eigenvalue weighted by Gasteiger charge is -2.13. The summed E-state index contributed by atoms with van der Waals surface area (Å²) in [6.07, 6.45) is 0.788. The Hall–Kier alpha value is -2.24. The molecule has 0 saturated heterocycles. The second kappa shape index (κ2) is 8.57. The van der Waals surface area contributed by atoms with Gasteiger partial charge in [0.15, 0.2) is 17.3 Å². The van der Waals surface area contributed by atoms with Crippen molar-refractivity contribution >= 4 is 23.6 Å². The number of benzene rings is 2. The second-order valence-corrected chi connectivity index (χ2v) is 5.43.